The number of hydrogen-bond acceptors (Lipinski definition) is 3. The molecule has 1 aromatic carbocycles. The maximum absolute atomic E-state index is 10.8. The van der Waals surface area contributed by atoms with E-state index in [4.69, 9.17) is 16.3 Å². The van der Waals surface area contributed by atoms with E-state index in [0.717, 1.165) is 12.8 Å². The van der Waals surface area contributed by atoms with Gasteiger partial charge in [0.2, 0.25) is 0 Å². The molecule has 0 aliphatic rings. The van der Waals surface area contributed by atoms with Gasteiger partial charge in [0.25, 0.3) is 0 Å². The number of allylic oxidation sites excluding steroid dienone is 1. The Bertz CT molecular complexity index is 448. The first-order valence-corrected chi connectivity index (χ1v) is 5.75. The SMILES string of the molecule is CCCCC(=C=O)Oc1ccc(Cl)cc1C=O. The van der Waals surface area contributed by atoms with E-state index in [-0.39, 0.29) is 5.76 Å². The van der Waals surface area contributed by atoms with Gasteiger partial charge in [-0.05, 0) is 24.6 Å². The van der Waals surface area contributed by atoms with Crippen molar-refractivity contribution in [2.24, 2.45) is 0 Å². The molecule has 1 aromatic rings. The Kier molecular flexibility index (Phi) is 5.47. The third-order valence-corrected chi connectivity index (χ3v) is 2.44. The number of rotatable bonds is 6. The van der Waals surface area contributed by atoms with Crippen molar-refractivity contribution >= 4 is 23.8 Å². The smallest absolute Gasteiger partial charge is 0.187 e. The minimum Gasteiger partial charge on any atom is -0.449 e. The molecule has 4 heteroatoms. The second kappa shape index (κ2) is 6.89. The number of halogens is 1. The molecule has 0 unspecified atom stereocenters. The molecule has 0 saturated carbocycles. The Morgan fingerprint density at radius 3 is 2.88 bits per heavy atom. The second-order valence-corrected chi connectivity index (χ2v) is 3.97. The van der Waals surface area contributed by atoms with E-state index in [9.17, 15) is 9.59 Å². The summed E-state index contributed by atoms with van der Waals surface area (Å²) in [6.07, 6.45) is 2.95. The Morgan fingerprint density at radius 1 is 1.53 bits per heavy atom. The summed E-state index contributed by atoms with van der Waals surface area (Å²) in [7, 11) is 0. The van der Waals surface area contributed by atoms with Gasteiger partial charge in [0.15, 0.2) is 18.0 Å². The van der Waals surface area contributed by atoms with Gasteiger partial charge in [-0.25, -0.2) is 4.79 Å². The highest BCUT2D eigenvalue weighted by atomic mass is 35.5. The van der Waals surface area contributed by atoms with Crippen molar-refractivity contribution in [2.75, 3.05) is 0 Å². The summed E-state index contributed by atoms with van der Waals surface area (Å²) in [4.78, 5) is 21.5. The summed E-state index contributed by atoms with van der Waals surface area (Å²) >= 11 is 5.75. The summed E-state index contributed by atoms with van der Waals surface area (Å²) in [6, 6.07) is 4.66. The first kappa shape index (κ1) is 13.5. The maximum Gasteiger partial charge on any atom is 0.187 e. The van der Waals surface area contributed by atoms with Crippen LogP contribution >= 0.6 is 11.6 Å². The monoisotopic (exact) mass is 252 g/mol. The number of carbonyl (C=O) groups is 1. The van der Waals surface area contributed by atoms with Crippen LogP contribution in [0.2, 0.25) is 5.02 Å². The quantitative estimate of drug-likeness (QED) is 0.443. The van der Waals surface area contributed by atoms with E-state index < -0.39 is 0 Å². The molecule has 0 bridgehead atoms. The Morgan fingerprint density at radius 2 is 2.29 bits per heavy atom. The number of hydrogen-bond donors (Lipinski definition) is 0. The van der Waals surface area contributed by atoms with Crippen LogP contribution in [0.4, 0.5) is 0 Å². The van der Waals surface area contributed by atoms with E-state index >= 15 is 0 Å². The van der Waals surface area contributed by atoms with E-state index in [1.807, 2.05) is 6.92 Å². The molecule has 0 aliphatic heterocycles. The lowest BCUT2D eigenvalue weighted by Crippen LogP contribution is -1.99. The number of ether oxygens (including phenoxy) is 1. The molecule has 17 heavy (non-hydrogen) atoms. The Labute approximate surface area is 105 Å². The Hall–Kier alpha value is -1.57. The van der Waals surface area contributed by atoms with Crippen molar-refractivity contribution in [1.82, 2.24) is 0 Å². The standard InChI is InChI=1S/C13H13ClO3/c1-2-3-4-12(9-16)17-13-6-5-11(14)7-10(13)8-15/h5-8H,2-4H2,1H3. The fourth-order valence-corrected chi connectivity index (χ4v) is 1.48. The molecule has 0 atom stereocenters. The first-order valence-electron chi connectivity index (χ1n) is 5.37. The van der Waals surface area contributed by atoms with Gasteiger partial charge in [0, 0.05) is 11.4 Å². The molecular formula is C13H13ClO3. The average Bonchev–Trinajstić information content (AvgIpc) is 2.35. The maximum atomic E-state index is 10.8. The lowest BCUT2D eigenvalue weighted by Gasteiger charge is -2.08. The van der Waals surface area contributed by atoms with E-state index in [0.29, 0.717) is 29.0 Å². The van der Waals surface area contributed by atoms with Crippen LogP contribution in [-0.2, 0) is 4.79 Å². The van der Waals surface area contributed by atoms with Gasteiger partial charge in [-0.1, -0.05) is 24.9 Å². The van der Waals surface area contributed by atoms with Gasteiger partial charge in [-0.15, -0.1) is 0 Å². The van der Waals surface area contributed by atoms with Gasteiger partial charge in [0.05, 0.1) is 5.56 Å². The van der Waals surface area contributed by atoms with Gasteiger partial charge in [-0.2, -0.15) is 0 Å². The van der Waals surface area contributed by atoms with Gasteiger partial charge >= 0.3 is 0 Å². The molecule has 0 aliphatic carbocycles. The topological polar surface area (TPSA) is 43.4 Å². The summed E-state index contributed by atoms with van der Waals surface area (Å²) in [5.41, 5.74) is 0.321. The molecule has 0 saturated heterocycles. The lowest BCUT2D eigenvalue weighted by atomic mass is 10.2. The van der Waals surface area contributed by atoms with E-state index in [2.05, 4.69) is 0 Å². The second-order valence-electron chi connectivity index (χ2n) is 3.53. The Balaban J connectivity index is 2.86. The molecular weight excluding hydrogens is 240 g/mol. The first-order chi connectivity index (χ1) is 8.21. The van der Waals surface area contributed by atoms with E-state index in [1.54, 1.807) is 18.1 Å². The fourth-order valence-electron chi connectivity index (χ4n) is 1.30. The van der Waals surface area contributed by atoms with Crippen molar-refractivity contribution in [3.05, 3.63) is 34.5 Å². The van der Waals surface area contributed by atoms with Crippen molar-refractivity contribution < 1.29 is 14.3 Å². The molecule has 1 rings (SSSR count). The van der Waals surface area contributed by atoms with Crippen LogP contribution in [0.1, 0.15) is 36.5 Å². The minimum atomic E-state index is 0.206. The zero-order chi connectivity index (χ0) is 12.7. The average molecular weight is 253 g/mol. The number of carbonyl (C=O) groups excluding carboxylic acids is 2. The normalized spacial score (nSPS) is 9.53. The minimum absolute atomic E-state index is 0.206. The van der Waals surface area contributed by atoms with Gasteiger partial charge in [0.1, 0.15) is 5.75 Å². The fraction of sp³-hybridized carbons (Fsp3) is 0.308. The van der Waals surface area contributed by atoms with Gasteiger partial charge in [-0.3, -0.25) is 4.79 Å². The molecule has 0 amide bonds. The van der Waals surface area contributed by atoms with Crippen molar-refractivity contribution in [3.63, 3.8) is 0 Å². The molecule has 3 nitrogen and oxygen atoms in total. The number of unbranched alkanes of at least 4 members (excludes halogenated alkanes) is 1. The van der Waals surface area contributed by atoms with Gasteiger partial charge < -0.3 is 4.74 Å². The summed E-state index contributed by atoms with van der Waals surface area (Å²) in [6.45, 7) is 2.02. The van der Waals surface area contributed by atoms with Crippen molar-refractivity contribution in [1.29, 1.82) is 0 Å². The van der Waals surface area contributed by atoms with Crippen LogP contribution in [0, 0.1) is 0 Å². The predicted octanol–water partition coefficient (Wildman–Crippen LogP) is 3.44. The summed E-state index contributed by atoms with van der Waals surface area (Å²) in [5, 5.41) is 0.449. The molecule has 0 heterocycles. The predicted molar refractivity (Wildman–Crippen MR) is 66.2 cm³/mol. The molecule has 90 valence electrons. The lowest BCUT2D eigenvalue weighted by molar-refractivity contribution is 0.112. The third-order valence-electron chi connectivity index (χ3n) is 2.20. The highest BCUT2D eigenvalue weighted by molar-refractivity contribution is 6.30. The van der Waals surface area contributed by atoms with Crippen molar-refractivity contribution in [2.45, 2.75) is 26.2 Å². The molecule has 0 aromatic heterocycles. The van der Waals surface area contributed by atoms with Crippen LogP contribution < -0.4 is 4.74 Å². The summed E-state index contributed by atoms with van der Waals surface area (Å²) < 4.78 is 5.35. The number of benzene rings is 1. The van der Waals surface area contributed by atoms with Crippen LogP contribution in [-0.4, -0.2) is 12.2 Å². The zero-order valence-electron chi connectivity index (χ0n) is 9.53. The molecule has 0 radical (unpaired) electrons. The molecule has 0 fully saturated rings. The third kappa shape index (κ3) is 4.06. The highest BCUT2D eigenvalue weighted by Gasteiger charge is 2.07. The van der Waals surface area contributed by atoms with E-state index in [1.165, 1.54) is 6.07 Å². The zero-order valence-corrected chi connectivity index (χ0v) is 10.3. The van der Waals surface area contributed by atoms with Crippen LogP contribution in [0.5, 0.6) is 5.75 Å². The summed E-state index contributed by atoms with van der Waals surface area (Å²) in [5.74, 6) is 2.28. The largest absolute Gasteiger partial charge is 0.449 e. The molecule has 0 N–H and O–H groups in total. The van der Waals surface area contributed by atoms with Crippen LogP contribution in [0.25, 0.3) is 0 Å². The van der Waals surface area contributed by atoms with Crippen LogP contribution in [0.15, 0.2) is 24.0 Å². The molecule has 0 spiro atoms. The van der Waals surface area contributed by atoms with Crippen LogP contribution in [0.3, 0.4) is 0 Å². The highest BCUT2D eigenvalue weighted by Crippen LogP contribution is 2.23. The van der Waals surface area contributed by atoms with Crippen molar-refractivity contribution in [3.8, 4) is 5.75 Å². The number of aldehydes is 1.